The standard InChI is InChI=1S/C35H37Cl2N3O5S/c1-3-21-38-35(42)32(22-26-13-7-5-8-14-26)39(24-27-19-20-28(36)23-30(27)37)34(41)25-40(31-17-11-12-18-33(31)45-4-2)46(43,44)29-15-9-6-10-16-29/h5-20,23,32H,3-4,21-22,24-25H2,1-2H3,(H,38,42). The Hall–Kier alpha value is -4.05. The zero-order valence-corrected chi connectivity index (χ0v) is 28.1. The topological polar surface area (TPSA) is 96.0 Å². The number of nitrogens with zero attached hydrogens (tertiary/aromatic N) is 2. The van der Waals surface area contributed by atoms with Gasteiger partial charge in [-0.2, -0.15) is 0 Å². The number of rotatable bonds is 15. The van der Waals surface area contributed by atoms with Crippen molar-refractivity contribution >= 4 is 50.7 Å². The van der Waals surface area contributed by atoms with Crippen molar-refractivity contribution in [1.29, 1.82) is 0 Å². The molecular weight excluding hydrogens is 645 g/mol. The number of ether oxygens (including phenoxy) is 1. The Labute approximate surface area is 280 Å². The van der Waals surface area contributed by atoms with Crippen molar-refractivity contribution in [3.05, 3.63) is 124 Å². The first-order valence-corrected chi connectivity index (χ1v) is 17.2. The van der Waals surface area contributed by atoms with Crippen LogP contribution >= 0.6 is 23.2 Å². The molecule has 2 amide bonds. The molecule has 0 saturated carbocycles. The third kappa shape index (κ3) is 8.81. The van der Waals surface area contributed by atoms with Crippen LogP contribution in [0.5, 0.6) is 5.75 Å². The monoisotopic (exact) mass is 681 g/mol. The summed E-state index contributed by atoms with van der Waals surface area (Å²) in [4.78, 5) is 29.8. The molecule has 0 heterocycles. The molecule has 0 fully saturated rings. The predicted molar refractivity (Wildman–Crippen MR) is 183 cm³/mol. The maximum absolute atomic E-state index is 14.6. The molecule has 0 saturated heterocycles. The van der Waals surface area contributed by atoms with Crippen molar-refractivity contribution in [3.63, 3.8) is 0 Å². The Balaban J connectivity index is 1.84. The van der Waals surface area contributed by atoms with Gasteiger partial charge in [-0.1, -0.05) is 96.9 Å². The summed E-state index contributed by atoms with van der Waals surface area (Å²) >= 11 is 12.7. The summed E-state index contributed by atoms with van der Waals surface area (Å²) < 4.78 is 35.3. The lowest BCUT2D eigenvalue weighted by molar-refractivity contribution is -0.140. The van der Waals surface area contributed by atoms with Crippen LogP contribution in [-0.2, 0) is 32.6 Å². The van der Waals surface area contributed by atoms with Crippen LogP contribution in [0.2, 0.25) is 10.0 Å². The second-order valence-electron chi connectivity index (χ2n) is 10.5. The van der Waals surface area contributed by atoms with Gasteiger partial charge in [-0.25, -0.2) is 8.42 Å². The first-order chi connectivity index (χ1) is 22.1. The Morgan fingerprint density at radius 1 is 0.870 bits per heavy atom. The van der Waals surface area contributed by atoms with Gasteiger partial charge in [0.25, 0.3) is 10.0 Å². The van der Waals surface area contributed by atoms with Gasteiger partial charge in [0.15, 0.2) is 0 Å². The third-order valence-electron chi connectivity index (χ3n) is 7.22. The van der Waals surface area contributed by atoms with E-state index >= 15 is 0 Å². The molecule has 4 rings (SSSR count). The van der Waals surface area contributed by atoms with Gasteiger partial charge < -0.3 is 15.0 Å². The minimum Gasteiger partial charge on any atom is -0.492 e. The van der Waals surface area contributed by atoms with Crippen LogP contribution in [0, 0.1) is 0 Å². The van der Waals surface area contributed by atoms with E-state index in [9.17, 15) is 18.0 Å². The predicted octanol–water partition coefficient (Wildman–Crippen LogP) is 6.75. The van der Waals surface area contributed by atoms with Crippen molar-refractivity contribution in [1.82, 2.24) is 10.2 Å². The molecule has 4 aromatic rings. The van der Waals surface area contributed by atoms with E-state index in [1.54, 1.807) is 67.6 Å². The Bertz CT molecular complexity index is 1720. The van der Waals surface area contributed by atoms with E-state index in [-0.39, 0.29) is 36.1 Å². The van der Waals surface area contributed by atoms with Gasteiger partial charge in [0.05, 0.1) is 17.2 Å². The maximum Gasteiger partial charge on any atom is 0.264 e. The van der Waals surface area contributed by atoms with Gasteiger partial charge in [0.2, 0.25) is 11.8 Å². The number of carbonyl (C=O) groups excluding carboxylic acids is 2. The van der Waals surface area contributed by atoms with Crippen LogP contribution in [-0.4, -0.2) is 50.9 Å². The smallest absolute Gasteiger partial charge is 0.264 e. The van der Waals surface area contributed by atoms with Crippen molar-refractivity contribution in [3.8, 4) is 5.75 Å². The van der Waals surface area contributed by atoms with Crippen LogP contribution in [0.1, 0.15) is 31.4 Å². The fourth-order valence-electron chi connectivity index (χ4n) is 4.93. The van der Waals surface area contributed by atoms with Gasteiger partial charge in [-0.3, -0.25) is 13.9 Å². The van der Waals surface area contributed by atoms with E-state index in [2.05, 4.69) is 5.32 Å². The number of anilines is 1. The van der Waals surface area contributed by atoms with Gasteiger partial charge in [-0.15, -0.1) is 0 Å². The number of sulfonamides is 1. The first kappa shape index (κ1) is 34.8. The van der Waals surface area contributed by atoms with Crippen molar-refractivity contribution < 1.29 is 22.7 Å². The number of halogens is 2. The van der Waals surface area contributed by atoms with E-state index in [4.69, 9.17) is 27.9 Å². The SMILES string of the molecule is CCCNC(=O)C(Cc1ccccc1)N(Cc1ccc(Cl)cc1Cl)C(=O)CN(c1ccccc1OCC)S(=O)(=O)c1ccccc1. The summed E-state index contributed by atoms with van der Waals surface area (Å²) in [5.74, 6) is -0.674. The van der Waals surface area contributed by atoms with Crippen LogP contribution in [0.25, 0.3) is 0 Å². The number of hydrogen-bond acceptors (Lipinski definition) is 5. The zero-order valence-electron chi connectivity index (χ0n) is 25.7. The molecule has 4 aromatic carbocycles. The minimum absolute atomic E-state index is 0.00271. The van der Waals surface area contributed by atoms with E-state index in [1.165, 1.54) is 17.0 Å². The fraction of sp³-hybridized carbons (Fsp3) is 0.257. The summed E-state index contributed by atoms with van der Waals surface area (Å²) in [6.07, 6.45) is 0.881. The largest absolute Gasteiger partial charge is 0.492 e. The van der Waals surface area contributed by atoms with Crippen LogP contribution in [0.4, 0.5) is 5.69 Å². The van der Waals surface area contributed by atoms with Crippen molar-refractivity contribution in [2.75, 3.05) is 24.0 Å². The molecule has 0 spiro atoms. The normalized spacial score (nSPS) is 11.8. The molecule has 11 heteroatoms. The molecule has 0 radical (unpaired) electrons. The fourth-order valence-corrected chi connectivity index (χ4v) is 6.84. The molecule has 0 aliphatic heterocycles. The molecule has 46 heavy (non-hydrogen) atoms. The minimum atomic E-state index is -4.27. The maximum atomic E-state index is 14.6. The average Bonchev–Trinajstić information content (AvgIpc) is 3.06. The van der Waals surface area contributed by atoms with E-state index in [0.717, 1.165) is 9.87 Å². The quantitative estimate of drug-likeness (QED) is 0.150. The second-order valence-corrected chi connectivity index (χ2v) is 13.2. The number of amides is 2. The van der Waals surface area contributed by atoms with Gasteiger partial charge in [-0.05, 0) is 60.9 Å². The summed E-state index contributed by atoms with van der Waals surface area (Å²) in [5.41, 5.74) is 1.57. The highest BCUT2D eigenvalue weighted by molar-refractivity contribution is 7.92. The number of nitrogens with one attached hydrogen (secondary N) is 1. The van der Waals surface area contributed by atoms with E-state index < -0.39 is 28.5 Å². The lowest BCUT2D eigenvalue weighted by atomic mass is 10.0. The highest BCUT2D eigenvalue weighted by atomic mass is 35.5. The highest BCUT2D eigenvalue weighted by Crippen LogP contribution is 2.33. The van der Waals surface area contributed by atoms with E-state index in [1.807, 2.05) is 37.3 Å². The second kappa shape index (κ2) is 16.5. The summed E-state index contributed by atoms with van der Waals surface area (Å²) in [5, 5.41) is 3.66. The van der Waals surface area contributed by atoms with Crippen LogP contribution in [0.15, 0.2) is 108 Å². The van der Waals surface area contributed by atoms with Crippen molar-refractivity contribution in [2.24, 2.45) is 0 Å². The molecule has 242 valence electrons. The Morgan fingerprint density at radius 3 is 2.17 bits per heavy atom. The van der Waals surface area contributed by atoms with Gasteiger partial charge in [0, 0.05) is 29.6 Å². The van der Waals surface area contributed by atoms with Gasteiger partial charge in [0.1, 0.15) is 18.3 Å². The van der Waals surface area contributed by atoms with E-state index in [0.29, 0.717) is 34.3 Å². The molecule has 1 atom stereocenters. The van der Waals surface area contributed by atoms with Crippen LogP contribution < -0.4 is 14.4 Å². The number of benzene rings is 4. The Kier molecular flexibility index (Phi) is 12.5. The van der Waals surface area contributed by atoms with Gasteiger partial charge >= 0.3 is 0 Å². The lowest BCUT2D eigenvalue weighted by Gasteiger charge is -2.34. The summed E-state index contributed by atoms with van der Waals surface area (Å²) in [7, 11) is -4.27. The number of hydrogen-bond donors (Lipinski definition) is 1. The molecule has 0 aliphatic rings. The third-order valence-corrected chi connectivity index (χ3v) is 9.58. The first-order valence-electron chi connectivity index (χ1n) is 15.0. The molecule has 8 nitrogen and oxygen atoms in total. The molecular formula is C35H37Cl2N3O5S. The number of carbonyl (C=O) groups is 2. The van der Waals surface area contributed by atoms with Crippen LogP contribution in [0.3, 0.4) is 0 Å². The molecule has 0 aromatic heterocycles. The zero-order chi connectivity index (χ0) is 33.1. The molecule has 0 bridgehead atoms. The highest BCUT2D eigenvalue weighted by Gasteiger charge is 2.35. The molecule has 1 N–H and O–H groups in total. The molecule has 0 aliphatic carbocycles. The summed E-state index contributed by atoms with van der Waals surface area (Å²) in [6, 6.07) is 27.8. The number of para-hydroxylation sites is 2. The summed E-state index contributed by atoms with van der Waals surface area (Å²) in [6.45, 7) is 3.73. The lowest BCUT2D eigenvalue weighted by Crippen LogP contribution is -2.53. The van der Waals surface area contributed by atoms with Crippen molar-refractivity contribution in [2.45, 2.75) is 44.2 Å². The average molecular weight is 683 g/mol. The Morgan fingerprint density at radius 2 is 1.52 bits per heavy atom. The molecule has 1 unspecified atom stereocenters.